The van der Waals surface area contributed by atoms with Gasteiger partial charge in [0.1, 0.15) is 5.75 Å². The Morgan fingerprint density at radius 3 is 2.65 bits per heavy atom. The lowest BCUT2D eigenvalue weighted by atomic mass is 10.2. The number of ether oxygens (including phenoxy) is 1. The van der Waals surface area contributed by atoms with Crippen molar-refractivity contribution in [2.75, 3.05) is 0 Å². The highest BCUT2D eigenvalue weighted by Gasteiger charge is 2.10. The van der Waals surface area contributed by atoms with Gasteiger partial charge in [-0.2, -0.15) is 0 Å². The summed E-state index contributed by atoms with van der Waals surface area (Å²) in [6.45, 7) is 3.81. The Morgan fingerprint density at radius 1 is 1.18 bits per heavy atom. The average molecular weight is 361 g/mol. The Balaban J connectivity index is 2.34. The second-order valence-corrected chi connectivity index (χ2v) is 5.21. The predicted octanol–water partition coefficient (Wildman–Crippen LogP) is 4.14. The number of hydrogen-bond acceptors (Lipinski definition) is 3. The number of benzene rings is 1. The molecule has 0 atom stereocenters. The van der Waals surface area contributed by atoms with Crippen LogP contribution in [0.1, 0.15) is 11.1 Å². The molecule has 0 aliphatic carbocycles. The minimum Gasteiger partial charge on any atom is -0.437 e. The maximum atomic E-state index is 5.88. The molecular formula is C12H10ClIN2O. The maximum Gasteiger partial charge on any atom is 0.242 e. The lowest BCUT2D eigenvalue weighted by Crippen LogP contribution is -1.97. The molecule has 0 spiro atoms. The van der Waals surface area contributed by atoms with E-state index in [9.17, 15) is 0 Å². The highest BCUT2D eigenvalue weighted by Crippen LogP contribution is 2.27. The molecule has 3 nitrogen and oxygen atoms in total. The standard InChI is InChI=1S/C12H10ClIN2O/c1-7-8(2)12(16-15-11(7)13)17-10-5-3-4-9(14)6-10/h3-6H,1-2H3. The fourth-order valence-electron chi connectivity index (χ4n) is 1.29. The van der Waals surface area contributed by atoms with E-state index in [2.05, 4.69) is 32.8 Å². The van der Waals surface area contributed by atoms with E-state index >= 15 is 0 Å². The van der Waals surface area contributed by atoms with Crippen LogP contribution in [0.25, 0.3) is 0 Å². The van der Waals surface area contributed by atoms with Gasteiger partial charge >= 0.3 is 0 Å². The molecule has 0 N–H and O–H groups in total. The zero-order chi connectivity index (χ0) is 12.4. The average Bonchev–Trinajstić information content (AvgIpc) is 2.30. The van der Waals surface area contributed by atoms with Crippen LogP contribution >= 0.6 is 34.2 Å². The molecule has 1 aromatic heterocycles. The van der Waals surface area contributed by atoms with Crippen molar-refractivity contribution in [2.24, 2.45) is 0 Å². The zero-order valence-electron chi connectivity index (χ0n) is 9.37. The maximum absolute atomic E-state index is 5.88. The van der Waals surface area contributed by atoms with E-state index in [1.807, 2.05) is 38.1 Å². The fourth-order valence-corrected chi connectivity index (χ4v) is 1.99. The molecular weight excluding hydrogens is 351 g/mol. The van der Waals surface area contributed by atoms with Crippen LogP contribution < -0.4 is 4.74 Å². The fraction of sp³-hybridized carbons (Fsp3) is 0.167. The monoisotopic (exact) mass is 360 g/mol. The van der Waals surface area contributed by atoms with Gasteiger partial charge in [-0.25, -0.2) is 0 Å². The third kappa shape index (κ3) is 2.87. The lowest BCUT2D eigenvalue weighted by Gasteiger charge is -2.09. The zero-order valence-corrected chi connectivity index (χ0v) is 12.3. The van der Waals surface area contributed by atoms with Crippen LogP contribution in [0.15, 0.2) is 24.3 Å². The summed E-state index contributed by atoms with van der Waals surface area (Å²) in [5, 5.41) is 8.22. The van der Waals surface area contributed by atoms with Gasteiger partial charge in [0.25, 0.3) is 0 Å². The van der Waals surface area contributed by atoms with Gasteiger partial charge in [0.2, 0.25) is 5.88 Å². The Hall–Kier alpha value is -0.880. The van der Waals surface area contributed by atoms with E-state index < -0.39 is 0 Å². The van der Waals surface area contributed by atoms with E-state index in [0.717, 1.165) is 20.4 Å². The first-order chi connectivity index (χ1) is 8.08. The molecule has 2 rings (SSSR count). The van der Waals surface area contributed by atoms with Crippen molar-refractivity contribution in [3.05, 3.63) is 44.1 Å². The Labute approximate surface area is 118 Å². The van der Waals surface area contributed by atoms with Gasteiger partial charge in [-0.3, -0.25) is 0 Å². The third-order valence-corrected chi connectivity index (χ3v) is 3.46. The summed E-state index contributed by atoms with van der Waals surface area (Å²) in [6.07, 6.45) is 0. The van der Waals surface area contributed by atoms with Crippen molar-refractivity contribution in [3.63, 3.8) is 0 Å². The largest absolute Gasteiger partial charge is 0.437 e. The van der Waals surface area contributed by atoms with Gasteiger partial charge in [0, 0.05) is 9.13 Å². The molecule has 0 saturated heterocycles. The van der Waals surface area contributed by atoms with Gasteiger partial charge in [-0.15, -0.1) is 10.2 Å². The number of aromatic nitrogens is 2. The Morgan fingerprint density at radius 2 is 1.94 bits per heavy atom. The summed E-state index contributed by atoms with van der Waals surface area (Å²) in [7, 11) is 0. The minimum atomic E-state index is 0.414. The third-order valence-electron chi connectivity index (χ3n) is 2.43. The summed E-state index contributed by atoms with van der Waals surface area (Å²) in [5.74, 6) is 1.24. The Kier molecular flexibility index (Phi) is 3.83. The van der Waals surface area contributed by atoms with Crippen molar-refractivity contribution >= 4 is 34.2 Å². The van der Waals surface area contributed by atoms with Gasteiger partial charge in [0.05, 0.1) is 0 Å². The van der Waals surface area contributed by atoms with Crippen LogP contribution in [0.4, 0.5) is 0 Å². The molecule has 0 unspecified atom stereocenters. The SMILES string of the molecule is Cc1c(Cl)nnc(Oc2cccc(I)c2)c1C. The molecule has 0 fully saturated rings. The smallest absolute Gasteiger partial charge is 0.242 e. The molecule has 2 aromatic rings. The van der Waals surface area contributed by atoms with E-state index in [4.69, 9.17) is 16.3 Å². The van der Waals surface area contributed by atoms with Crippen LogP contribution in [-0.4, -0.2) is 10.2 Å². The predicted molar refractivity (Wildman–Crippen MR) is 75.7 cm³/mol. The van der Waals surface area contributed by atoms with Crippen LogP contribution in [0.2, 0.25) is 5.15 Å². The molecule has 0 aliphatic heterocycles. The van der Waals surface area contributed by atoms with E-state index in [-0.39, 0.29) is 0 Å². The first kappa shape index (κ1) is 12.6. The topological polar surface area (TPSA) is 35.0 Å². The first-order valence-corrected chi connectivity index (χ1v) is 6.46. The van der Waals surface area contributed by atoms with Crippen LogP contribution in [0.3, 0.4) is 0 Å². The number of hydrogen-bond donors (Lipinski definition) is 0. The number of rotatable bonds is 2. The van der Waals surface area contributed by atoms with Crippen LogP contribution in [0.5, 0.6) is 11.6 Å². The second-order valence-electron chi connectivity index (χ2n) is 3.61. The normalized spacial score (nSPS) is 10.4. The highest BCUT2D eigenvalue weighted by atomic mass is 127. The van der Waals surface area contributed by atoms with Crippen molar-refractivity contribution in [3.8, 4) is 11.6 Å². The van der Waals surface area contributed by atoms with E-state index in [1.165, 1.54) is 0 Å². The molecule has 0 saturated carbocycles. The highest BCUT2D eigenvalue weighted by molar-refractivity contribution is 14.1. The van der Waals surface area contributed by atoms with Gasteiger partial charge in [0.15, 0.2) is 5.15 Å². The van der Waals surface area contributed by atoms with Gasteiger partial charge < -0.3 is 4.74 Å². The van der Waals surface area contributed by atoms with Crippen molar-refractivity contribution in [1.29, 1.82) is 0 Å². The second kappa shape index (κ2) is 5.18. The summed E-state index contributed by atoms with van der Waals surface area (Å²) in [4.78, 5) is 0. The van der Waals surface area contributed by atoms with E-state index in [1.54, 1.807) is 0 Å². The summed E-state index contributed by atoms with van der Waals surface area (Å²) in [5.41, 5.74) is 1.80. The molecule has 17 heavy (non-hydrogen) atoms. The van der Waals surface area contributed by atoms with Crippen molar-refractivity contribution in [1.82, 2.24) is 10.2 Å². The van der Waals surface area contributed by atoms with Crippen LogP contribution in [-0.2, 0) is 0 Å². The molecule has 0 aliphatic rings. The van der Waals surface area contributed by atoms with E-state index in [0.29, 0.717) is 11.0 Å². The molecule has 1 heterocycles. The summed E-state index contributed by atoms with van der Waals surface area (Å²) >= 11 is 8.12. The summed E-state index contributed by atoms with van der Waals surface area (Å²) in [6, 6.07) is 7.75. The van der Waals surface area contributed by atoms with Crippen molar-refractivity contribution < 1.29 is 4.74 Å². The Bertz CT molecular complexity index is 560. The molecule has 0 bridgehead atoms. The minimum absolute atomic E-state index is 0.414. The molecule has 1 aromatic carbocycles. The van der Waals surface area contributed by atoms with Gasteiger partial charge in [-0.05, 0) is 60.2 Å². The molecule has 0 radical (unpaired) electrons. The molecule has 5 heteroatoms. The number of halogens is 2. The first-order valence-electron chi connectivity index (χ1n) is 5.00. The van der Waals surface area contributed by atoms with Gasteiger partial charge in [-0.1, -0.05) is 17.7 Å². The molecule has 0 amide bonds. The lowest BCUT2D eigenvalue weighted by molar-refractivity contribution is 0.450. The van der Waals surface area contributed by atoms with Crippen molar-refractivity contribution in [2.45, 2.75) is 13.8 Å². The quantitative estimate of drug-likeness (QED) is 0.755. The molecule has 88 valence electrons. The number of nitrogens with zero attached hydrogens (tertiary/aromatic N) is 2. The van der Waals surface area contributed by atoms with Crippen LogP contribution in [0, 0.1) is 17.4 Å². The summed E-state index contributed by atoms with van der Waals surface area (Å²) < 4.78 is 6.80.